The van der Waals surface area contributed by atoms with E-state index >= 15 is 0 Å². The van der Waals surface area contributed by atoms with E-state index in [1.807, 2.05) is 0 Å². The van der Waals surface area contributed by atoms with Gasteiger partial charge >= 0.3 is 0 Å². The average molecular weight is 277 g/mol. The molecule has 19 heavy (non-hydrogen) atoms. The maximum atomic E-state index is 6.11. The Morgan fingerprint density at radius 3 is 3.05 bits per heavy atom. The first-order chi connectivity index (χ1) is 9.31. The number of rotatable bonds is 1. The van der Waals surface area contributed by atoms with Gasteiger partial charge in [-0.25, -0.2) is 0 Å². The van der Waals surface area contributed by atoms with Crippen LogP contribution in [-0.2, 0) is 6.42 Å². The summed E-state index contributed by atoms with van der Waals surface area (Å²) in [7, 11) is 0. The van der Waals surface area contributed by atoms with Crippen molar-refractivity contribution < 1.29 is 0 Å². The summed E-state index contributed by atoms with van der Waals surface area (Å²) in [6.07, 6.45) is 5.23. The molecule has 3 heteroatoms. The molecule has 3 atom stereocenters. The predicted octanol–water partition coefficient (Wildman–Crippen LogP) is 3.01. The van der Waals surface area contributed by atoms with Crippen molar-refractivity contribution in [2.75, 3.05) is 19.6 Å². The number of hydrogen-bond donors (Lipinski definition) is 1. The third-order valence-electron chi connectivity index (χ3n) is 5.22. The molecule has 1 aromatic rings. The molecule has 1 aliphatic carbocycles. The van der Waals surface area contributed by atoms with Crippen molar-refractivity contribution in [1.29, 1.82) is 0 Å². The SMILES string of the molecule is Clc1ccc2c(c1)CCC2N1C[C@@H]2CCCN[C@@H]2C1. The molecular weight excluding hydrogens is 256 g/mol. The number of halogens is 1. The second kappa shape index (κ2) is 4.76. The molecule has 0 radical (unpaired) electrons. The first-order valence-corrected chi connectivity index (χ1v) is 7.95. The van der Waals surface area contributed by atoms with Crippen molar-refractivity contribution in [3.63, 3.8) is 0 Å². The highest BCUT2D eigenvalue weighted by atomic mass is 35.5. The van der Waals surface area contributed by atoms with E-state index in [-0.39, 0.29) is 0 Å². The number of aryl methyl sites for hydroxylation is 1. The summed E-state index contributed by atoms with van der Waals surface area (Å²) in [6, 6.07) is 7.85. The van der Waals surface area contributed by atoms with Crippen LogP contribution in [0.3, 0.4) is 0 Å². The molecule has 102 valence electrons. The fourth-order valence-electron chi connectivity index (χ4n) is 4.28. The zero-order valence-electron chi connectivity index (χ0n) is 11.2. The molecule has 0 amide bonds. The minimum Gasteiger partial charge on any atom is -0.312 e. The zero-order chi connectivity index (χ0) is 12.8. The van der Waals surface area contributed by atoms with E-state index in [0.29, 0.717) is 6.04 Å². The Bertz CT molecular complexity index is 474. The van der Waals surface area contributed by atoms with Crippen LogP contribution in [0.15, 0.2) is 18.2 Å². The molecule has 2 nitrogen and oxygen atoms in total. The number of hydrogen-bond acceptors (Lipinski definition) is 2. The molecule has 0 aromatic heterocycles. The van der Waals surface area contributed by atoms with Gasteiger partial charge in [0.25, 0.3) is 0 Å². The number of fused-ring (bicyclic) bond motifs is 2. The van der Waals surface area contributed by atoms with Crippen LogP contribution < -0.4 is 5.32 Å². The smallest absolute Gasteiger partial charge is 0.0408 e. The third kappa shape index (κ3) is 2.10. The number of benzene rings is 1. The van der Waals surface area contributed by atoms with Crippen molar-refractivity contribution in [1.82, 2.24) is 10.2 Å². The van der Waals surface area contributed by atoms with Crippen molar-refractivity contribution in [2.45, 2.75) is 37.8 Å². The van der Waals surface area contributed by atoms with Crippen molar-refractivity contribution in [3.8, 4) is 0 Å². The molecule has 2 fully saturated rings. The normalized spacial score (nSPS) is 34.3. The van der Waals surface area contributed by atoms with Crippen molar-refractivity contribution >= 4 is 11.6 Å². The number of nitrogens with zero attached hydrogens (tertiary/aromatic N) is 1. The first kappa shape index (κ1) is 12.2. The van der Waals surface area contributed by atoms with E-state index < -0.39 is 0 Å². The van der Waals surface area contributed by atoms with Crippen LogP contribution in [0.4, 0.5) is 0 Å². The molecule has 0 saturated carbocycles. The van der Waals surface area contributed by atoms with E-state index in [2.05, 4.69) is 28.4 Å². The predicted molar refractivity (Wildman–Crippen MR) is 78.6 cm³/mol. The van der Waals surface area contributed by atoms with Gasteiger partial charge in [0.2, 0.25) is 0 Å². The largest absolute Gasteiger partial charge is 0.312 e. The van der Waals surface area contributed by atoms with Crippen LogP contribution in [0.2, 0.25) is 5.02 Å². The van der Waals surface area contributed by atoms with E-state index in [0.717, 1.165) is 17.0 Å². The van der Waals surface area contributed by atoms with Gasteiger partial charge in [0.1, 0.15) is 0 Å². The van der Waals surface area contributed by atoms with Gasteiger partial charge in [-0.2, -0.15) is 0 Å². The van der Waals surface area contributed by atoms with Gasteiger partial charge in [-0.3, -0.25) is 4.90 Å². The topological polar surface area (TPSA) is 15.3 Å². The fraction of sp³-hybridized carbons (Fsp3) is 0.625. The zero-order valence-corrected chi connectivity index (χ0v) is 12.0. The van der Waals surface area contributed by atoms with E-state index in [9.17, 15) is 0 Å². The molecule has 0 bridgehead atoms. The molecule has 1 unspecified atom stereocenters. The lowest BCUT2D eigenvalue weighted by atomic mass is 9.94. The van der Waals surface area contributed by atoms with Gasteiger partial charge in [-0.15, -0.1) is 0 Å². The summed E-state index contributed by atoms with van der Waals surface area (Å²) < 4.78 is 0. The Balaban J connectivity index is 1.56. The molecular formula is C16H21ClN2. The van der Waals surface area contributed by atoms with Crippen molar-refractivity contribution in [3.05, 3.63) is 34.3 Å². The highest BCUT2D eigenvalue weighted by Crippen LogP contribution is 2.40. The Morgan fingerprint density at radius 2 is 2.16 bits per heavy atom. The summed E-state index contributed by atoms with van der Waals surface area (Å²) in [5.41, 5.74) is 3.00. The number of nitrogens with one attached hydrogen (secondary N) is 1. The lowest BCUT2D eigenvalue weighted by molar-refractivity contribution is 0.234. The van der Waals surface area contributed by atoms with Gasteiger partial charge in [0.15, 0.2) is 0 Å². The third-order valence-corrected chi connectivity index (χ3v) is 5.45. The molecule has 3 aliphatic rings. The van der Waals surface area contributed by atoms with E-state index in [1.54, 1.807) is 0 Å². The summed E-state index contributed by atoms with van der Waals surface area (Å²) in [6.45, 7) is 3.73. The van der Waals surface area contributed by atoms with E-state index in [1.165, 1.54) is 56.4 Å². The second-order valence-electron chi connectivity index (χ2n) is 6.31. The second-order valence-corrected chi connectivity index (χ2v) is 6.75. The van der Waals surface area contributed by atoms with E-state index in [4.69, 9.17) is 11.6 Å². The fourth-order valence-corrected chi connectivity index (χ4v) is 4.47. The van der Waals surface area contributed by atoms with Crippen LogP contribution in [0.1, 0.15) is 36.4 Å². The van der Waals surface area contributed by atoms with Crippen LogP contribution in [0, 0.1) is 5.92 Å². The standard InChI is InChI=1S/C16H21ClN2/c17-13-4-5-14-11(8-13)3-6-16(14)19-9-12-2-1-7-18-15(12)10-19/h4-5,8,12,15-16,18H,1-3,6-7,9-10H2/t12-,15+,16?/m0/s1. The summed E-state index contributed by atoms with van der Waals surface area (Å²) in [4.78, 5) is 2.72. The lowest BCUT2D eigenvalue weighted by Crippen LogP contribution is -2.40. The van der Waals surface area contributed by atoms with Crippen LogP contribution >= 0.6 is 11.6 Å². The maximum Gasteiger partial charge on any atom is 0.0408 e. The van der Waals surface area contributed by atoms with Gasteiger partial charge in [0, 0.05) is 30.2 Å². The number of likely N-dealkylation sites (tertiary alicyclic amines) is 1. The van der Waals surface area contributed by atoms with Crippen molar-refractivity contribution in [2.24, 2.45) is 5.92 Å². The molecule has 0 spiro atoms. The molecule has 2 saturated heterocycles. The Labute approximate surface area is 120 Å². The molecule has 2 heterocycles. The van der Waals surface area contributed by atoms with Crippen LogP contribution in [0.5, 0.6) is 0 Å². The Hall–Kier alpha value is -0.570. The molecule has 1 aromatic carbocycles. The Kier molecular flexibility index (Phi) is 3.06. The van der Waals surface area contributed by atoms with Gasteiger partial charge in [-0.1, -0.05) is 17.7 Å². The summed E-state index contributed by atoms with van der Waals surface area (Å²) >= 11 is 6.11. The first-order valence-electron chi connectivity index (χ1n) is 7.57. The van der Waals surface area contributed by atoms with Crippen LogP contribution in [0.25, 0.3) is 0 Å². The molecule has 2 aliphatic heterocycles. The summed E-state index contributed by atoms with van der Waals surface area (Å²) in [5, 5.41) is 4.59. The molecule has 1 N–H and O–H groups in total. The minimum absolute atomic E-state index is 0.639. The lowest BCUT2D eigenvalue weighted by Gasteiger charge is -2.25. The Morgan fingerprint density at radius 1 is 1.21 bits per heavy atom. The van der Waals surface area contributed by atoms with Gasteiger partial charge in [0.05, 0.1) is 0 Å². The quantitative estimate of drug-likeness (QED) is 0.848. The van der Waals surface area contributed by atoms with Crippen LogP contribution in [-0.4, -0.2) is 30.6 Å². The van der Waals surface area contributed by atoms with Gasteiger partial charge < -0.3 is 5.32 Å². The van der Waals surface area contributed by atoms with Gasteiger partial charge in [-0.05, 0) is 61.4 Å². The highest BCUT2D eigenvalue weighted by Gasteiger charge is 2.39. The summed E-state index contributed by atoms with van der Waals surface area (Å²) in [5.74, 6) is 0.880. The number of piperidine rings is 1. The minimum atomic E-state index is 0.639. The highest BCUT2D eigenvalue weighted by molar-refractivity contribution is 6.30. The average Bonchev–Trinajstić information content (AvgIpc) is 3.00. The maximum absolute atomic E-state index is 6.11. The monoisotopic (exact) mass is 276 g/mol. The molecule has 4 rings (SSSR count).